The van der Waals surface area contributed by atoms with Gasteiger partial charge in [-0.3, -0.25) is 4.79 Å². The van der Waals surface area contributed by atoms with E-state index < -0.39 is 6.10 Å². The summed E-state index contributed by atoms with van der Waals surface area (Å²) in [6.07, 6.45) is 1.66. The molecule has 0 saturated carbocycles. The Morgan fingerprint density at radius 1 is 1.63 bits per heavy atom. The molecular weight excluding hydrogens is 244 g/mol. The number of rotatable bonds is 5. The van der Waals surface area contributed by atoms with Gasteiger partial charge in [-0.15, -0.1) is 0 Å². The largest absolute Gasteiger partial charge is 0.489 e. The van der Waals surface area contributed by atoms with Crippen LogP contribution in [0.15, 0.2) is 36.9 Å². The van der Waals surface area contributed by atoms with Gasteiger partial charge in [-0.25, -0.2) is 0 Å². The van der Waals surface area contributed by atoms with Gasteiger partial charge in [0.2, 0.25) is 5.91 Å². The number of amides is 1. The molecule has 19 heavy (non-hydrogen) atoms. The van der Waals surface area contributed by atoms with Gasteiger partial charge in [-0.2, -0.15) is 0 Å². The fourth-order valence-electron chi connectivity index (χ4n) is 1.96. The van der Waals surface area contributed by atoms with E-state index in [1.807, 2.05) is 12.1 Å². The first-order valence-corrected chi connectivity index (χ1v) is 6.25. The van der Waals surface area contributed by atoms with Gasteiger partial charge >= 0.3 is 0 Å². The fourth-order valence-corrected chi connectivity index (χ4v) is 1.96. The molecule has 1 aliphatic rings. The smallest absolute Gasteiger partial charge is 0.241 e. The van der Waals surface area contributed by atoms with Crippen LogP contribution in [0, 0.1) is 0 Å². The molecule has 2 rings (SSSR count). The van der Waals surface area contributed by atoms with Gasteiger partial charge in [0.1, 0.15) is 12.4 Å². The highest BCUT2D eigenvalue weighted by atomic mass is 16.5. The molecule has 0 bridgehead atoms. The minimum Gasteiger partial charge on any atom is -0.489 e. The first-order chi connectivity index (χ1) is 9.19. The van der Waals surface area contributed by atoms with Gasteiger partial charge in [0.05, 0.1) is 12.1 Å². The summed E-state index contributed by atoms with van der Waals surface area (Å²) in [6, 6.07) is 6.84. The van der Waals surface area contributed by atoms with Crippen molar-refractivity contribution in [3.8, 4) is 5.75 Å². The van der Waals surface area contributed by atoms with E-state index in [9.17, 15) is 9.90 Å². The molecule has 1 aromatic rings. The monoisotopic (exact) mass is 262 g/mol. The highest BCUT2D eigenvalue weighted by Crippen LogP contribution is 2.18. The molecule has 5 nitrogen and oxygen atoms in total. The Kier molecular flexibility index (Phi) is 4.54. The number of aliphatic hydroxyl groups is 1. The summed E-state index contributed by atoms with van der Waals surface area (Å²) in [5.74, 6) is 0.537. The molecule has 1 aromatic carbocycles. The van der Waals surface area contributed by atoms with Crippen molar-refractivity contribution in [2.45, 2.75) is 18.6 Å². The number of hydrogen-bond donors (Lipinski definition) is 3. The number of carbonyl (C=O) groups excluding carboxylic acids is 1. The molecular formula is C14H18N2O3. The summed E-state index contributed by atoms with van der Waals surface area (Å²) in [5.41, 5.74) is 0.676. The maximum absolute atomic E-state index is 11.9. The Hall–Kier alpha value is -1.85. The normalized spacial score (nSPS) is 21.9. The van der Waals surface area contributed by atoms with Crippen LogP contribution in [0.1, 0.15) is 6.42 Å². The number of hydrogen-bond acceptors (Lipinski definition) is 4. The zero-order valence-corrected chi connectivity index (χ0v) is 10.6. The second-order valence-corrected chi connectivity index (χ2v) is 4.47. The topological polar surface area (TPSA) is 70.6 Å². The second kappa shape index (κ2) is 6.36. The van der Waals surface area contributed by atoms with Crippen molar-refractivity contribution in [1.29, 1.82) is 0 Å². The number of nitrogens with one attached hydrogen (secondary N) is 2. The van der Waals surface area contributed by atoms with Crippen LogP contribution in [0.25, 0.3) is 0 Å². The molecule has 3 N–H and O–H groups in total. The van der Waals surface area contributed by atoms with E-state index in [1.165, 1.54) is 0 Å². The molecule has 1 saturated heterocycles. The molecule has 0 aliphatic carbocycles. The van der Waals surface area contributed by atoms with Crippen molar-refractivity contribution >= 4 is 11.6 Å². The second-order valence-electron chi connectivity index (χ2n) is 4.47. The lowest BCUT2D eigenvalue weighted by Gasteiger charge is -2.12. The zero-order valence-electron chi connectivity index (χ0n) is 10.6. The Labute approximate surface area is 112 Å². The maximum atomic E-state index is 11.9. The standard InChI is InChI=1S/C14H18N2O3/c1-2-6-19-12-5-3-4-10(7-12)16-14(18)13-8-11(17)9-15-13/h2-5,7,11,13,15,17H,1,6,8-9H2,(H,16,18). The van der Waals surface area contributed by atoms with E-state index in [0.717, 1.165) is 0 Å². The lowest BCUT2D eigenvalue weighted by molar-refractivity contribution is -0.117. The number of carbonyl (C=O) groups is 1. The maximum Gasteiger partial charge on any atom is 0.241 e. The van der Waals surface area contributed by atoms with Crippen molar-refractivity contribution in [2.24, 2.45) is 0 Å². The lowest BCUT2D eigenvalue weighted by Crippen LogP contribution is -2.35. The third-order valence-electron chi connectivity index (χ3n) is 2.89. The number of anilines is 1. The van der Waals surface area contributed by atoms with Crippen molar-refractivity contribution in [2.75, 3.05) is 18.5 Å². The minimum atomic E-state index is -0.446. The van der Waals surface area contributed by atoms with Gasteiger partial charge < -0.3 is 20.5 Å². The van der Waals surface area contributed by atoms with Gasteiger partial charge in [-0.05, 0) is 18.6 Å². The Bertz CT molecular complexity index is 462. The van der Waals surface area contributed by atoms with Crippen LogP contribution in [-0.4, -0.2) is 36.3 Å². The molecule has 102 valence electrons. The van der Waals surface area contributed by atoms with E-state index in [1.54, 1.807) is 18.2 Å². The summed E-state index contributed by atoms with van der Waals surface area (Å²) in [6.45, 7) is 4.46. The molecule has 5 heteroatoms. The molecule has 2 unspecified atom stereocenters. The summed E-state index contributed by atoms with van der Waals surface area (Å²) in [7, 11) is 0. The van der Waals surface area contributed by atoms with Crippen molar-refractivity contribution in [3.05, 3.63) is 36.9 Å². The number of β-amino-alcohol motifs (C(OH)–C–C–N with tert-alkyl or cyclic N) is 1. The third kappa shape index (κ3) is 3.81. The van der Waals surface area contributed by atoms with Crippen molar-refractivity contribution in [3.63, 3.8) is 0 Å². The molecule has 1 fully saturated rings. The van der Waals surface area contributed by atoms with E-state index in [0.29, 0.717) is 31.0 Å². The Morgan fingerprint density at radius 3 is 3.16 bits per heavy atom. The number of aliphatic hydroxyl groups excluding tert-OH is 1. The molecule has 0 radical (unpaired) electrons. The molecule has 0 spiro atoms. The SMILES string of the molecule is C=CCOc1cccc(NC(=O)C2CC(O)CN2)c1. The van der Waals surface area contributed by atoms with Crippen LogP contribution in [0.5, 0.6) is 5.75 Å². The Balaban J connectivity index is 1.94. The quantitative estimate of drug-likeness (QED) is 0.690. The number of benzene rings is 1. The van der Waals surface area contributed by atoms with Crippen molar-refractivity contribution < 1.29 is 14.6 Å². The van der Waals surface area contributed by atoms with Crippen LogP contribution in [-0.2, 0) is 4.79 Å². The highest BCUT2D eigenvalue weighted by molar-refractivity contribution is 5.95. The first kappa shape index (κ1) is 13.6. The highest BCUT2D eigenvalue weighted by Gasteiger charge is 2.27. The van der Waals surface area contributed by atoms with E-state index >= 15 is 0 Å². The van der Waals surface area contributed by atoms with Crippen LogP contribution >= 0.6 is 0 Å². The van der Waals surface area contributed by atoms with E-state index in [2.05, 4.69) is 17.2 Å². The van der Waals surface area contributed by atoms with Crippen LogP contribution < -0.4 is 15.4 Å². The van der Waals surface area contributed by atoms with Gasteiger partial charge in [-0.1, -0.05) is 18.7 Å². The first-order valence-electron chi connectivity index (χ1n) is 6.25. The molecule has 1 heterocycles. The third-order valence-corrected chi connectivity index (χ3v) is 2.89. The number of ether oxygens (including phenoxy) is 1. The average molecular weight is 262 g/mol. The van der Waals surface area contributed by atoms with Crippen LogP contribution in [0.4, 0.5) is 5.69 Å². The van der Waals surface area contributed by atoms with Gasteiger partial charge in [0.25, 0.3) is 0 Å². The summed E-state index contributed by atoms with van der Waals surface area (Å²) in [4.78, 5) is 11.9. The fraction of sp³-hybridized carbons (Fsp3) is 0.357. The molecule has 2 atom stereocenters. The summed E-state index contributed by atoms with van der Waals surface area (Å²) >= 11 is 0. The van der Waals surface area contributed by atoms with Crippen LogP contribution in [0.3, 0.4) is 0 Å². The van der Waals surface area contributed by atoms with E-state index in [4.69, 9.17) is 4.74 Å². The molecule has 1 aliphatic heterocycles. The average Bonchev–Trinajstić information content (AvgIpc) is 2.83. The summed E-state index contributed by atoms with van der Waals surface area (Å²) in [5, 5.41) is 15.2. The Morgan fingerprint density at radius 2 is 2.47 bits per heavy atom. The zero-order chi connectivity index (χ0) is 13.7. The predicted octanol–water partition coefficient (Wildman–Crippen LogP) is 0.913. The van der Waals surface area contributed by atoms with Crippen LogP contribution in [0.2, 0.25) is 0 Å². The molecule has 0 aromatic heterocycles. The van der Waals surface area contributed by atoms with E-state index in [-0.39, 0.29) is 11.9 Å². The minimum absolute atomic E-state index is 0.141. The summed E-state index contributed by atoms with van der Waals surface area (Å²) < 4.78 is 5.39. The van der Waals surface area contributed by atoms with Gasteiger partial charge in [0, 0.05) is 18.3 Å². The lowest BCUT2D eigenvalue weighted by atomic mass is 10.2. The predicted molar refractivity (Wildman–Crippen MR) is 73.2 cm³/mol. The molecule has 1 amide bonds. The van der Waals surface area contributed by atoms with Crippen molar-refractivity contribution in [1.82, 2.24) is 5.32 Å². The van der Waals surface area contributed by atoms with Gasteiger partial charge in [0.15, 0.2) is 0 Å².